The highest BCUT2D eigenvalue weighted by Crippen LogP contribution is 2.17. The Hall–Kier alpha value is -1.15. The molecule has 0 amide bonds. The summed E-state index contributed by atoms with van der Waals surface area (Å²) in [5.74, 6) is -0.161. The van der Waals surface area contributed by atoms with Crippen LogP contribution in [0.2, 0.25) is 0 Å². The lowest BCUT2D eigenvalue weighted by Gasteiger charge is -1.99. The maximum Gasteiger partial charge on any atom is 0.123 e. The van der Waals surface area contributed by atoms with Gasteiger partial charge < -0.3 is 0 Å². The van der Waals surface area contributed by atoms with Crippen molar-refractivity contribution in [1.82, 2.24) is 0 Å². The highest BCUT2D eigenvalue weighted by atomic mass is 32.1. The standard InChI is InChI=1S/C13H13FS/c1-10-2-8-13(15-10)9-5-11-3-6-12(14)7-4-11/h2-4,6-8H,5,9H2,1H3. The van der Waals surface area contributed by atoms with E-state index in [0.29, 0.717) is 0 Å². The van der Waals surface area contributed by atoms with E-state index in [1.54, 1.807) is 0 Å². The smallest absolute Gasteiger partial charge is 0.123 e. The molecule has 0 aliphatic rings. The third kappa shape index (κ3) is 2.90. The van der Waals surface area contributed by atoms with Gasteiger partial charge >= 0.3 is 0 Å². The van der Waals surface area contributed by atoms with Crippen molar-refractivity contribution >= 4 is 11.3 Å². The molecule has 2 heteroatoms. The Morgan fingerprint density at radius 2 is 1.73 bits per heavy atom. The zero-order chi connectivity index (χ0) is 10.7. The van der Waals surface area contributed by atoms with Gasteiger partial charge in [0.25, 0.3) is 0 Å². The molecule has 0 aliphatic carbocycles. The summed E-state index contributed by atoms with van der Waals surface area (Å²) in [5, 5.41) is 0. The molecule has 1 aromatic carbocycles. The molecular formula is C13H13FS. The van der Waals surface area contributed by atoms with Gasteiger partial charge in [0.15, 0.2) is 0 Å². The Kier molecular flexibility index (Phi) is 3.17. The van der Waals surface area contributed by atoms with E-state index in [-0.39, 0.29) is 5.82 Å². The van der Waals surface area contributed by atoms with Gasteiger partial charge in [0, 0.05) is 9.75 Å². The van der Waals surface area contributed by atoms with Crippen LogP contribution >= 0.6 is 11.3 Å². The van der Waals surface area contributed by atoms with Crippen molar-refractivity contribution in [3.63, 3.8) is 0 Å². The number of benzene rings is 1. The van der Waals surface area contributed by atoms with Gasteiger partial charge in [0.2, 0.25) is 0 Å². The summed E-state index contributed by atoms with van der Waals surface area (Å²) in [4.78, 5) is 2.75. The van der Waals surface area contributed by atoms with Crippen LogP contribution in [-0.4, -0.2) is 0 Å². The molecule has 0 spiro atoms. The third-order valence-electron chi connectivity index (χ3n) is 2.37. The van der Waals surface area contributed by atoms with Crippen molar-refractivity contribution in [2.24, 2.45) is 0 Å². The summed E-state index contributed by atoms with van der Waals surface area (Å²) in [7, 11) is 0. The average molecular weight is 220 g/mol. The Bertz CT molecular complexity index is 428. The third-order valence-corrected chi connectivity index (χ3v) is 3.43. The van der Waals surface area contributed by atoms with E-state index in [0.717, 1.165) is 12.8 Å². The average Bonchev–Trinajstić information content (AvgIpc) is 2.64. The summed E-state index contributed by atoms with van der Waals surface area (Å²) in [6.07, 6.45) is 2.03. The first kappa shape index (κ1) is 10.4. The quantitative estimate of drug-likeness (QED) is 0.734. The van der Waals surface area contributed by atoms with E-state index in [2.05, 4.69) is 19.1 Å². The lowest BCUT2D eigenvalue weighted by Crippen LogP contribution is -1.88. The van der Waals surface area contributed by atoms with E-state index >= 15 is 0 Å². The number of hydrogen-bond acceptors (Lipinski definition) is 1. The first-order chi connectivity index (χ1) is 7.24. The predicted molar refractivity (Wildman–Crippen MR) is 62.9 cm³/mol. The maximum atomic E-state index is 12.7. The number of halogens is 1. The summed E-state index contributed by atoms with van der Waals surface area (Å²) in [6.45, 7) is 2.12. The molecule has 15 heavy (non-hydrogen) atoms. The normalized spacial score (nSPS) is 10.5. The van der Waals surface area contributed by atoms with Crippen LogP contribution in [0.4, 0.5) is 4.39 Å². The fourth-order valence-corrected chi connectivity index (χ4v) is 2.43. The topological polar surface area (TPSA) is 0 Å². The number of aryl methyl sites for hydroxylation is 3. The van der Waals surface area contributed by atoms with Gasteiger partial charge in [0.05, 0.1) is 0 Å². The zero-order valence-electron chi connectivity index (χ0n) is 8.66. The second-order valence-corrected chi connectivity index (χ2v) is 5.01. The van der Waals surface area contributed by atoms with Crippen LogP contribution in [0, 0.1) is 12.7 Å². The SMILES string of the molecule is Cc1ccc(CCc2ccc(F)cc2)s1. The Morgan fingerprint density at radius 1 is 1.00 bits per heavy atom. The highest BCUT2D eigenvalue weighted by Gasteiger charge is 1.98. The number of hydrogen-bond donors (Lipinski definition) is 0. The predicted octanol–water partition coefficient (Wildman–Crippen LogP) is 3.98. The van der Waals surface area contributed by atoms with E-state index in [1.807, 2.05) is 23.5 Å². The van der Waals surface area contributed by atoms with Crippen LogP contribution in [0.1, 0.15) is 15.3 Å². The van der Waals surface area contributed by atoms with Crippen molar-refractivity contribution in [3.8, 4) is 0 Å². The van der Waals surface area contributed by atoms with Crippen LogP contribution < -0.4 is 0 Å². The summed E-state index contributed by atoms with van der Waals surface area (Å²) < 4.78 is 12.7. The Labute approximate surface area is 93.4 Å². The van der Waals surface area contributed by atoms with Gasteiger partial charge in [-0.2, -0.15) is 0 Å². The molecule has 0 bridgehead atoms. The molecular weight excluding hydrogens is 207 g/mol. The van der Waals surface area contributed by atoms with Gasteiger partial charge in [-0.05, 0) is 49.6 Å². The largest absolute Gasteiger partial charge is 0.207 e. The fourth-order valence-electron chi connectivity index (χ4n) is 1.54. The molecule has 0 atom stereocenters. The van der Waals surface area contributed by atoms with Crippen LogP contribution in [0.25, 0.3) is 0 Å². The summed E-state index contributed by atoms with van der Waals surface area (Å²) in [6, 6.07) is 11.1. The lowest BCUT2D eigenvalue weighted by molar-refractivity contribution is 0.627. The molecule has 0 saturated carbocycles. The van der Waals surface area contributed by atoms with Crippen LogP contribution in [-0.2, 0) is 12.8 Å². The van der Waals surface area contributed by atoms with Gasteiger partial charge in [0.1, 0.15) is 5.82 Å². The zero-order valence-corrected chi connectivity index (χ0v) is 9.48. The fraction of sp³-hybridized carbons (Fsp3) is 0.231. The van der Waals surface area contributed by atoms with Crippen molar-refractivity contribution in [1.29, 1.82) is 0 Å². The molecule has 2 rings (SSSR count). The van der Waals surface area contributed by atoms with E-state index < -0.39 is 0 Å². The number of rotatable bonds is 3. The second kappa shape index (κ2) is 4.58. The molecule has 0 aliphatic heterocycles. The number of thiophene rings is 1. The lowest BCUT2D eigenvalue weighted by atomic mass is 10.1. The Morgan fingerprint density at radius 3 is 2.33 bits per heavy atom. The minimum atomic E-state index is -0.161. The first-order valence-electron chi connectivity index (χ1n) is 5.04. The van der Waals surface area contributed by atoms with E-state index in [9.17, 15) is 4.39 Å². The molecule has 0 nitrogen and oxygen atoms in total. The molecule has 0 N–H and O–H groups in total. The van der Waals surface area contributed by atoms with Crippen molar-refractivity contribution in [3.05, 3.63) is 57.5 Å². The van der Waals surface area contributed by atoms with Crippen molar-refractivity contribution in [2.45, 2.75) is 19.8 Å². The van der Waals surface area contributed by atoms with Gasteiger partial charge in [-0.25, -0.2) is 4.39 Å². The van der Waals surface area contributed by atoms with Crippen LogP contribution in [0.15, 0.2) is 36.4 Å². The highest BCUT2D eigenvalue weighted by molar-refractivity contribution is 7.11. The summed E-state index contributed by atoms with van der Waals surface area (Å²) in [5.41, 5.74) is 1.20. The Balaban J connectivity index is 1.96. The second-order valence-electron chi connectivity index (χ2n) is 3.64. The molecule has 0 unspecified atom stereocenters. The molecule has 0 saturated heterocycles. The monoisotopic (exact) mass is 220 g/mol. The van der Waals surface area contributed by atoms with E-state index in [4.69, 9.17) is 0 Å². The molecule has 0 fully saturated rings. The minimum absolute atomic E-state index is 0.161. The van der Waals surface area contributed by atoms with Gasteiger partial charge in [-0.3, -0.25) is 0 Å². The van der Waals surface area contributed by atoms with Crippen molar-refractivity contribution < 1.29 is 4.39 Å². The molecule has 78 valence electrons. The summed E-state index contributed by atoms with van der Waals surface area (Å²) >= 11 is 1.84. The van der Waals surface area contributed by atoms with Crippen LogP contribution in [0.3, 0.4) is 0 Å². The maximum absolute atomic E-state index is 12.7. The van der Waals surface area contributed by atoms with Gasteiger partial charge in [-0.15, -0.1) is 11.3 Å². The molecule has 0 radical (unpaired) electrons. The van der Waals surface area contributed by atoms with E-state index in [1.165, 1.54) is 27.5 Å². The van der Waals surface area contributed by atoms with Crippen molar-refractivity contribution in [2.75, 3.05) is 0 Å². The minimum Gasteiger partial charge on any atom is -0.207 e. The molecule has 1 heterocycles. The van der Waals surface area contributed by atoms with Gasteiger partial charge in [-0.1, -0.05) is 12.1 Å². The molecule has 1 aromatic heterocycles. The first-order valence-corrected chi connectivity index (χ1v) is 5.85. The van der Waals surface area contributed by atoms with Crippen LogP contribution in [0.5, 0.6) is 0 Å². The molecule has 2 aromatic rings.